The number of nitrogen functional groups attached to an aromatic ring is 1. The molecule has 1 aromatic rings. The summed E-state index contributed by atoms with van der Waals surface area (Å²) in [4.78, 5) is -0.0291. The van der Waals surface area contributed by atoms with Crippen LogP contribution < -0.4 is 5.73 Å². The Morgan fingerprint density at radius 3 is 2.81 bits per heavy atom. The zero-order valence-electron chi connectivity index (χ0n) is 11.9. The first-order valence-corrected chi connectivity index (χ1v) is 8.31. The second kappa shape index (κ2) is 5.73. The molecule has 0 aromatic heterocycles. The topological polar surface area (TPSA) is 92.9 Å². The summed E-state index contributed by atoms with van der Waals surface area (Å²) in [6.07, 6.45) is -0.566. The smallest absolute Gasteiger partial charge is 0.244 e. The second-order valence-corrected chi connectivity index (χ2v) is 7.98. The van der Waals surface area contributed by atoms with Crippen LogP contribution in [-0.2, 0) is 14.8 Å². The van der Waals surface area contributed by atoms with Gasteiger partial charge in [-0.1, -0.05) is 11.6 Å². The molecule has 118 valence electrons. The average molecular weight is 335 g/mol. The molecule has 8 heteroatoms. The number of benzene rings is 1. The Kier molecular flexibility index (Phi) is 4.51. The summed E-state index contributed by atoms with van der Waals surface area (Å²) in [5, 5.41) is 9.40. The highest BCUT2D eigenvalue weighted by atomic mass is 35.5. The van der Waals surface area contributed by atoms with Crippen LogP contribution >= 0.6 is 11.6 Å². The third-order valence-corrected chi connectivity index (χ3v) is 5.52. The van der Waals surface area contributed by atoms with Gasteiger partial charge >= 0.3 is 0 Å². The molecule has 3 N–H and O–H groups in total. The Labute approximate surface area is 129 Å². The van der Waals surface area contributed by atoms with Crippen LogP contribution in [0.5, 0.6) is 0 Å². The highest BCUT2D eigenvalue weighted by Gasteiger charge is 2.39. The van der Waals surface area contributed by atoms with E-state index in [2.05, 4.69) is 0 Å². The predicted octanol–water partition coefficient (Wildman–Crippen LogP) is 1.08. The van der Waals surface area contributed by atoms with Crippen molar-refractivity contribution in [3.8, 4) is 0 Å². The summed E-state index contributed by atoms with van der Waals surface area (Å²) in [5.74, 6) is 0. The lowest BCUT2D eigenvalue weighted by Crippen LogP contribution is -2.55. The number of sulfonamides is 1. The lowest BCUT2D eigenvalue weighted by molar-refractivity contribution is -0.131. The van der Waals surface area contributed by atoms with Crippen LogP contribution in [0.15, 0.2) is 23.1 Å². The van der Waals surface area contributed by atoms with Gasteiger partial charge in [-0.05, 0) is 32.0 Å². The molecule has 1 atom stereocenters. The molecule has 2 rings (SSSR count). The van der Waals surface area contributed by atoms with Crippen LogP contribution in [0.3, 0.4) is 0 Å². The summed E-state index contributed by atoms with van der Waals surface area (Å²) < 4.78 is 32.4. The van der Waals surface area contributed by atoms with E-state index in [-0.39, 0.29) is 29.6 Å². The van der Waals surface area contributed by atoms with E-state index in [4.69, 9.17) is 22.1 Å². The molecule has 1 unspecified atom stereocenters. The molecule has 0 saturated carbocycles. The Morgan fingerprint density at radius 1 is 1.52 bits per heavy atom. The summed E-state index contributed by atoms with van der Waals surface area (Å²) in [5.41, 5.74) is 5.29. The van der Waals surface area contributed by atoms with Crippen molar-refractivity contribution in [2.24, 2.45) is 0 Å². The summed E-state index contributed by atoms with van der Waals surface area (Å²) in [7, 11) is -3.80. The number of aliphatic hydroxyl groups is 1. The molecule has 0 spiro atoms. The van der Waals surface area contributed by atoms with E-state index in [0.29, 0.717) is 5.69 Å². The van der Waals surface area contributed by atoms with E-state index < -0.39 is 21.7 Å². The van der Waals surface area contributed by atoms with E-state index in [9.17, 15) is 13.5 Å². The van der Waals surface area contributed by atoms with E-state index in [1.807, 2.05) is 0 Å². The molecule has 0 amide bonds. The number of nitrogens with two attached hydrogens (primary N) is 1. The molecule has 1 aliphatic heterocycles. The quantitative estimate of drug-likeness (QED) is 0.807. The van der Waals surface area contributed by atoms with E-state index in [1.54, 1.807) is 19.9 Å². The SMILES string of the molecule is CC1(C)CN(S(=O)(=O)c2cc(N)ccc2Cl)CC(CO)O1. The molecule has 21 heavy (non-hydrogen) atoms. The standard InChI is InChI=1S/C13H19ClN2O4S/c1-13(2)8-16(6-10(7-17)20-13)21(18,19)12-5-9(15)3-4-11(12)14/h3-5,10,17H,6-8,15H2,1-2H3. The van der Waals surface area contributed by atoms with Crippen molar-refractivity contribution < 1.29 is 18.3 Å². The zero-order valence-corrected chi connectivity index (χ0v) is 13.5. The Hall–Kier alpha value is -0.860. The van der Waals surface area contributed by atoms with Gasteiger partial charge in [0.25, 0.3) is 0 Å². The van der Waals surface area contributed by atoms with E-state index in [0.717, 1.165) is 0 Å². The number of morpholine rings is 1. The Morgan fingerprint density at radius 2 is 2.19 bits per heavy atom. The van der Waals surface area contributed by atoms with Crippen molar-refractivity contribution in [1.82, 2.24) is 4.31 Å². The lowest BCUT2D eigenvalue weighted by Gasteiger charge is -2.41. The van der Waals surface area contributed by atoms with Crippen molar-refractivity contribution in [2.75, 3.05) is 25.4 Å². The van der Waals surface area contributed by atoms with Crippen LogP contribution in [-0.4, -0.2) is 49.2 Å². The summed E-state index contributed by atoms with van der Waals surface area (Å²) >= 11 is 6.00. The third-order valence-electron chi connectivity index (χ3n) is 3.23. The molecule has 0 radical (unpaired) electrons. The normalized spacial score (nSPS) is 23.1. The molecule has 1 saturated heterocycles. The molecule has 0 bridgehead atoms. The van der Waals surface area contributed by atoms with Crippen molar-refractivity contribution in [3.63, 3.8) is 0 Å². The molecule has 1 heterocycles. The number of nitrogens with zero attached hydrogens (tertiary/aromatic N) is 1. The average Bonchev–Trinajstić information content (AvgIpc) is 2.39. The number of hydrogen-bond acceptors (Lipinski definition) is 5. The van der Waals surface area contributed by atoms with Crippen molar-refractivity contribution in [2.45, 2.75) is 30.4 Å². The van der Waals surface area contributed by atoms with Gasteiger partial charge in [0.2, 0.25) is 10.0 Å². The fraction of sp³-hybridized carbons (Fsp3) is 0.538. The number of ether oxygens (including phenoxy) is 1. The highest BCUT2D eigenvalue weighted by molar-refractivity contribution is 7.89. The minimum absolute atomic E-state index is 0.0291. The van der Waals surface area contributed by atoms with Gasteiger partial charge in [-0.3, -0.25) is 0 Å². The van der Waals surface area contributed by atoms with Gasteiger partial charge in [0, 0.05) is 18.8 Å². The van der Waals surface area contributed by atoms with Crippen LogP contribution in [0.2, 0.25) is 5.02 Å². The van der Waals surface area contributed by atoms with Gasteiger partial charge in [0.1, 0.15) is 4.90 Å². The van der Waals surface area contributed by atoms with Crippen molar-refractivity contribution in [1.29, 1.82) is 0 Å². The first kappa shape index (κ1) is 16.5. The van der Waals surface area contributed by atoms with Gasteiger partial charge in [-0.2, -0.15) is 4.31 Å². The number of hydrogen-bond donors (Lipinski definition) is 2. The van der Waals surface area contributed by atoms with Crippen molar-refractivity contribution >= 4 is 27.3 Å². The van der Waals surface area contributed by atoms with Crippen molar-refractivity contribution in [3.05, 3.63) is 23.2 Å². The maximum atomic E-state index is 12.8. The lowest BCUT2D eigenvalue weighted by atomic mass is 10.1. The second-order valence-electron chi connectivity index (χ2n) is 5.67. The van der Waals surface area contributed by atoms with Gasteiger partial charge in [0.15, 0.2) is 0 Å². The highest BCUT2D eigenvalue weighted by Crippen LogP contribution is 2.30. The molecule has 1 aliphatic rings. The minimum Gasteiger partial charge on any atom is -0.399 e. The van der Waals surface area contributed by atoms with Crippen LogP contribution in [0.25, 0.3) is 0 Å². The van der Waals surface area contributed by atoms with Gasteiger partial charge < -0.3 is 15.6 Å². The first-order chi connectivity index (χ1) is 9.65. The van der Waals surface area contributed by atoms with Gasteiger partial charge in [-0.15, -0.1) is 0 Å². The summed E-state index contributed by atoms with van der Waals surface area (Å²) in [6.45, 7) is 3.56. The third kappa shape index (κ3) is 3.49. The fourth-order valence-corrected chi connectivity index (χ4v) is 4.51. The predicted molar refractivity (Wildman–Crippen MR) is 80.7 cm³/mol. The Balaban J connectivity index is 2.41. The van der Waals surface area contributed by atoms with Gasteiger partial charge in [0.05, 0.1) is 23.3 Å². The van der Waals surface area contributed by atoms with E-state index >= 15 is 0 Å². The number of aliphatic hydroxyl groups excluding tert-OH is 1. The molecule has 6 nitrogen and oxygen atoms in total. The molecular formula is C13H19ClN2O4S. The van der Waals surface area contributed by atoms with Gasteiger partial charge in [-0.25, -0.2) is 8.42 Å². The zero-order chi connectivity index (χ0) is 15.8. The van der Waals surface area contributed by atoms with Crippen LogP contribution in [0, 0.1) is 0 Å². The minimum atomic E-state index is -3.80. The largest absolute Gasteiger partial charge is 0.399 e. The first-order valence-electron chi connectivity index (χ1n) is 6.49. The number of rotatable bonds is 3. The Bertz CT molecular complexity index is 633. The van der Waals surface area contributed by atoms with Crippen LogP contribution in [0.4, 0.5) is 5.69 Å². The monoisotopic (exact) mass is 334 g/mol. The molecule has 1 aromatic carbocycles. The molecular weight excluding hydrogens is 316 g/mol. The van der Waals surface area contributed by atoms with E-state index in [1.165, 1.54) is 16.4 Å². The maximum Gasteiger partial charge on any atom is 0.244 e. The molecule has 0 aliphatic carbocycles. The van der Waals surface area contributed by atoms with Crippen LogP contribution in [0.1, 0.15) is 13.8 Å². The fourth-order valence-electron chi connectivity index (χ4n) is 2.38. The number of anilines is 1. The summed E-state index contributed by atoms with van der Waals surface area (Å²) in [6, 6.07) is 4.34. The maximum absolute atomic E-state index is 12.8. The molecule has 1 fully saturated rings. The number of halogens is 1.